The van der Waals surface area contributed by atoms with Gasteiger partial charge in [0.2, 0.25) is 5.88 Å². The number of nitrogens with one attached hydrogen (secondary N) is 2. The number of hydrogen-bond donors (Lipinski definition) is 2. The third-order valence-electron chi connectivity index (χ3n) is 6.96. The van der Waals surface area contributed by atoms with E-state index in [2.05, 4.69) is 40.0 Å². The number of carbonyl (C=O) groups is 1. The second-order valence-electron chi connectivity index (χ2n) is 9.58. The highest BCUT2D eigenvalue weighted by Gasteiger charge is 2.25. The van der Waals surface area contributed by atoms with E-state index in [9.17, 15) is 9.35 Å². The summed E-state index contributed by atoms with van der Waals surface area (Å²) in [5, 5.41) is 3.05. The lowest BCUT2D eigenvalue weighted by Gasteiger charge is -2.29. The number of pyridine rings is 1. The van der Waals surface area contributed by atoms with Crippen molar-refractivity contribution in [3.8, 4) is 17.0 Å². The van der Waals surface area contributed by atoms with Crippen LogP contribution in [0.15, 0.2) is 59.6 Å². The Hall–Kier alpha value is -3.07. The summed E-state index contributed by atoms with van der Waals surface area (Å²) in [5.41, 5.74) is 6.15. The molecule has 5 rings (SSSR count). The van der Waals surface area contributed by atoms with Crippen LogP contribution < -0.4 is 14.8 Å². The second-order valence-corrected chi connectivity index (χ2v) is 10.8. The van der Waals surface area contributed by atoms with E-state index in [1.165, 1.54) is 5.56 Å². The number of ether oxygens (including phenoxy) is 1. The predicted molar refractivity (Wildman–Crippen MR) is 143 cm³/mol. The van der Waals surface area contributed by atoms with Gasteiger partial charge in [-0.2, -0.15) is 0 Å². The van der Waals surface area contributed by atoms with Crippen molar-refractivity contribution >= 4 is 23.1 Å². The van der Waals surface area contributed by atoms with E-state index in [0.29, 0.717) is 10.8 Å². The standard InChI is InChI=1S/C28H32N4O3S/c1-19-17-20-7-6-10-24(20)27(30-28(33)31-36(34)23-8-4-3-5-9-23)26(19)21-11-14-29-25(18-21)35-22-12-15-32(2)16-13-22/h3-5,8-9,11,14,17-18,22H,6-7,10,12-13,15-16H2,1-2H3,(H2,30,31,33). The normalized spacial score (nSPS) is 16.9. The first-order valence-corrected chi connectivity index (χ1v) is 13.6. The van der Waals surface area contributed by atoms with Gasteiger partial charge in [-0.05, 0) is 86.5 Å². The molecule has 1 atom stereocenters. The fourth-order valence-electron chi connectivity index (χ4n) is 5.13. The molecule has 0 bridgehead atoms. The molecule has 36 heavy (non-hydrogen) atoms. The van der Waals surface area contributed by atoms with Crippen LogP contribution in [0.2, 0.25) is 0 Å². The fourth-order valence-corrected chi connectivity index (χ4v) is 5.87. The Morgan fingerprint density at radius 3 is 2.69 bits per heavy atom. The van der Waals surface area contributed by atoms with E-state index in [1.807, 2.05) is 18.2 Å². The summed E-state index contributed by atoms with van der Waals surface area (Å²) in [6.07, 6.45) is 6.80. The second kappa shape index (κ2) is 10.9. The van der Waals surface area contributed by atoms with Gasteiger partial charge in [0.05, 0.1) is 5.69 Å². The Kier molecular flexibility index (Phi) is 7.46. The van der Waals surface area contributed by atoms with Crippen molar-refractivity contribution < 1.29 is 14.1 Å². The Balaban J connectivity index is 1.42. The van der Waals surface area contributed by atoms with Gasteiger partial charge in [-0.3, -0.25) is 0 Å². The number of fused-ring (bicyclic) bond motifs is 1. The molecule has 188 valence electrons. The number of aromatic nitrogens is 1. The molecule has 0 saturated carbocycles. The van der Waals surface area contributed by atoms with Crippen molar-refractivity contribution in [2.75, 3.05) is 25.5 Å². The number of rotatable bonds is 6. The number of nitrogens with zero attached hydrogens (tertiary/aromatic N) is 2. The molecule has 1 fully saturated rings. The maximum absolute atomic E-state index is 13.0. The molecule has 3 aromatic rings. The van der Waals surface area contributed by atoms with Crippen molar-refractivity contribution in [1.29, 1.82) is 0 Å². The SMILES string of the molecule is Cc1cc2c(c(NC(=O)N[S+]([O-])c3ccccc3)c1-c1ccnc(OC3CCN(C)CC3)c1)CCC2. The molecule has 1 aliphatic heterocycles. The summed E-state index contributed by atoms with van der Waals surface area (Å²) >= 11 is -1.65. The zero-order valence-corrected chi connectivity index (χ0v) is 21.6. The van der Waals surface area contributed by atoms with Crippen LogP contribution in [0, 0.1) is 6.92 Å². The molecule has 0 spiro atoms. The van der Waals surface area contributed by atoms with E-state index in [-0.39, 0.29) is 6.10 Å². The summed E-state index contributed by atoms with van der Waals surface area (Å²) in [5.74, 6) is 0.600. The number of hydrogen-bond acceptors (Lipinski definition) is 5. The lowest BCUT2D eigenvalue weighted by atomic mass is 9.93. The van der Waals surface area contributed by atoms with Crippen molar-refractivity contribution in [3.63, 3.8) is 0 Å². The lowest BCUT2D eigenvalue weighted by molar-refractivity contribution is 0.110. The number of amides is 2. The number of piperidine rings is 1. The van der Waals surface area contributed by atoms with Gasteiger partial charge in [-0.15, -0.1) is 4.72 Å². The average molecular weight is 505 g/mol. The Morgan fingerprint density at radius 2 is 1.92 bits per heavy atom. The van der Waals surface area contributed by atoms with Crippen LogP contribution in [0.1, 0.15) is 36.0 Å². The minimum Gasteiger partial charge on any atom is -0.588 e. The van der Waals surface area contributed by atoms with E-state index in [0.717, 1.165) is 73.1 Å². The van der Waals surface area contributed by atoms with Gasteiger partial charge in [-0.1, -0.05) is 24.3 Å². The van der Waals surface area contributed by atoms with E-state index in [1.54, 1.807) is 30.5 Å². The number of carbonyl (C=O) groups excluding carboxylic acids is 1. The van der Waals surface area contributed by atoms with Gasteiger partial charge in [0, 0.05) is 30.9 Å². The number of anilines is 1. The first-order valence-electron chi connectivity index (χ1n) is 12.5. The maximum Gasteiger partial charge on any atom is 0.361 e. The molecule has 2 aliphatic rings. The summed E-state index contributed by atoms with van der Waals surface area (Å²) in [6.45, 7) is 4.10. The topological polar surface area (TPSA) is 89.5 Å². The molecule has 2 N–H and O–H groups in total. The number of urea groups is 1. The number of likely N-dealkylation sites (tertiary alicyclic amines) is 1. The summed E-state index contributed by atoms with van der Waals surface area (Å²) in [4.78, 5) is 20.3. The summed E-state index contributed by atoms with van der Waals surface area (Å²) in [6, 6.07) is 14.6. The molecule has 0 radical (unpaired) electrons. The van der Waals surface area contributed by atoms with Crippen LogP contribution >= 0.6 is 0 Å². The van der Waals surface area contributed by atoms with Crippen LogP contribution in [0.25, 0.3) is 11.1 Å². The monoisotopic (exact) mass is 504 g/mol. The molecule has 2 amide bonds. The molecule has 8 heteroatoms. The Morgan fingerprint density at radius 1 is 1.14 bits per heavy atom. The highest BCUT2D eigenvalue weighted by molar-refractivity contribution is 7.90. The van der Waals surface area contributed by atoms with E-state index < -0.39 is 17.4 Å². The summed E-state index contributed by atoms with van der Waals surface area (Å²) in [7, 11) is 2.13. The van der Waals surface area contributed by atoms with Crippen molar-refractivity contribution in [3.05, 3.63) is 71.4 Å². The highest BCUT2D eigenvalue weighted by atomic mass is 32.2. The predicted octanol–water partition coefficient (Wildman–Crippen LogP) is 4.86. The molecule has 1 aliphatic carbocycles. The molecular formula is C28H32N4O3S. The maximum atomic E-state index is 13.0. The minimum absolute atomic E-state index is 0.154. The largest absolute Gasteiger partial charge is 0.588 e. The van der Waals surface area contributed by atoms with Crippen molar-refractivity contribution in [2.24, 2.45) is 0 Å². The molecule has 1 unspecified atom stereocenters. The quantitative estimate of drug-likeness (QED) is 0.468. The van der Waals surface area contributed by atoms with Crippen LogP contribution in [0.3, 0.4) is 0 Å². The van der Waals surface area contributed by atoms with Crippen LogP contribution in [0.4, 0.5) is 10.5 Å². The van der Waals surface area contributed by atoms with Crippen molar-refractivity contribution in [2.45, 2.75) is 50.0 Å². The minimum atomic E-state index is -1.65. The highest BCUT2D eigenvalue weighted by Crippen LogP contribution is 2.41. The zero-order chi connectivity index (χ0) is 25.1. The molecular weight excluding hydrogens is 472 g/mol. The number of benzene rings is 2. The van der Waals surface area contributed by atoms with Gasteiger partial charge in [-0.25, -0.2) is 9.78 Å². The van der Waals surface area contributed by atoms with Gasteiger partial charge in [0.1, 0.15) is 17.5 Å². The van der Waals surface area contributed by atoms with E-state index >= 15 is 0 Å². The fraction of sp³-hybridized carbons (Fsp3) is 0.357. The van der Waals surface area contributed by atoms with Gasteiger partial charge < -0.3 is 19.5 Å². The smallest absolute Gasteiger partial charge is 0.361 e. The third-order valence-corrected chi connectivity index (χ3v) is 8.03. The van der Waals surface area contributed by atoms with Crippen molar-refractivity contribution in [1.82, 2.24) is 14.6 Å². The molecule has 2 aromatic carbocycles. The van der Waals surface area contributed by atoms with Gasteiger partial charge >= 0.3 is 6.03 Å². The first-order chi connectivity index (χ1) is 17.5. The summed E-state index contributed by atoms with van der Waals surface area (Å²) < 4.78 is 21.5. The van der Waals surface area contributed by atoms with Crippen LogP contribution in [-0.2, 0) is 24.2 Å². The van der Waals surface area contributed by atoms with Gasteiger partial charge in [0.25, 0.3) is 0 Å². The zero-order valence-electron chi connectivity index (χ0n) is 20.8. The number of aryl methyl sites for hydroxylation is 2. The average Bonchev–Trinajstić information content (AvgIpc) is 3.34. The molecule has 1 aromatic heterocycles. The first kappa shape index (κ1) is 24.6. The Bertz CT molecular complexity index is 1230. The third kappa shape index (κ3) is 5.51. The Labute approximate surface area is 215 Å². The molecule has 2 heterocycles. The van der Waals surface area contributed by atoms with E-state index in [4.69, 9.17) is 4.74 Å². The molecule has 1 saturated heterocycles. The lowest BCUT2D eigenvalue weighted by Crippen LogP contribution is -2.35. The van der Waals surface area contributed by atoms with Crippen LogP contribution in [0.5, 0.6) is 5.88 Å². The molecule has 7 nitrogen and oxygen atoms in total. The van der Waals surface area contributed by atoms with Gasteiger partial charge in [0.15, 0.2) is 4.90 Å². The van der Waals surface area contributed by atoms with Crippen LogP contribution in [-0.4, -0.2) is 46.7 Å².